The van der Waals surface area contributed by atoms with Gasteiger partial charge in [0.1, 0.15) is 5.52 Å². The number of fused-ring (bicyclic) bond motifs is 1. The van der Waals surface area contributed by atoms with Crippen LogP contribution in [0.5, 0.6) is 0 Å². The van der Waals surface area contributed by atoms with Crippen LogP contribution in [0.25, 0.3) is 11.2 Å². The molecule has 8 nitrogen and oxygen atoms in total. The number of imidazole rings is 1. The number of nitrogens with one attached hydrogen (secondary N) is 3. The zero-order chi connectivity index (χ0) is 16.4. The van der Waals surface area contributed by atoms with Crippen LogP contribution in [0.4, 0.5) is 5.95 Å². The van der Waals surface area contributed by atoms with E-state index in [0.717, 1.165) is 32.4 Å². The van der Waals surface area contributed by atoms with E-state index >= 15 is 0 Å². The average molecular weight is 318 g/mol. The molecule has 3 rings (SSSR count). The topological polar surface area (TPSA) is 105 Å². The van der Waals surface area contributed by atoms with Gasteiger partial charge in [-0.3, -0.25) is 14.7 Å². The third kappa shape index (κ3) is 3.42. The van der Waals surface area contributed by atoms with Gasteiger partial charge in [-0.25, -0.2) is 9.78 Å². The lowest BCUT2D eigenvalue weighted by molar-refractivity contribution is -0.114. The van der Waals surface area contributed by atoms with E-state index in [0.29, 0.717) is 29.3 Å². The minimum atomic E-state index is -0.233. The normalized spacial score (nSPS) is 15.9. The molecule has 1 saturated heterocycles. The number of piperidine rings is 1. The van der Waals surface area contributed by atoms with E-state index in [1.807, 2.05) is 0 Å². The highest BCUT2D eigenvalue weighted by Crippen LogP contribution is 2.19. The first-order valence-corrected chi connectivity index (χ1v) is 8.00. The van der Waals surface area contributed by atoms with E-state index in [4.69, 9.17) is 0 Å². The van der Waals surface area contributed by atoms with Crippen molar-refractivity contribution in [2.24, 2.45) is 5.92 Å². The summed E-state index contributed by atoms with van der Waals surface area (Å²) in [6.45, 7) is 5.91. The molecule has 0 saturated carbocycles. The first-order valence-electron chi connectivity index (χ1n) is 8.00. The van der Waals surface area contributed by atoms with E-state index < -0.39 is 0 Å². The molecule has 1 fully saturated rings. The Morgan fingerprint density at radius 3 is 2.78 bits per heavy atom. The number of carbonyl (C=O) groups is 1. The van der Waals surface area contributed by atoms with E-state index in [1.54, 1.807) is 11.5 Å². The number of hydrogen-bond acceptors (Lipinski definition) is 5. The lowest BCUT2D eigenvalue weighted by Crippen LogP contribution is -2.29. The van der Waals surface area contributed by atoms with Crippen LogP contribution in [0.1, 0.15) is 31.9 Å². The zero-order valence-electron chi connectivity index (χ0n) is 13.5. The molecule has 0 spiro atoms. The van der Waals surface area contributed by atoms with E-state index in [9.17, 15) is 9.59 Å². The van der Waals surface area contributed by atoms with Crippen molar-refractivity contribution in [3.63, 3.8) is 0 Å². The van der Waals surface area contributed by atoms with Crippen LogP contribution in [0.3, 0.4) is 0 Å². The Balaban J connectivity index is 1.88. The number of amides is 1. The molecule has 1 aliphatic heterocycles. The maximum absolute atomic E-state index is 12.2. The van der Waals surface area contributed by atoms with Crippen LogP contribution in [-0.2, 0) is 11.3 Å². The summed E-state index contributed by atoms with van der Waals surface area (Å²) in [4.78, 5) is 34.8. The Hall–Kier alpha value is -2.22. The van der Waals surface area contributed by atoms with Crippen LogP contribution in [0, 0.1) is 12.8 Å². The number of rotatable bonds is 4. The molecule has 2 aromatic heterocycles. The van der Waals surface area contributed by atoms with Gasteiger partial charge in [0.15, 0.2) is 5.65 Å². The van der Waals surface area contributed by atoms with E-state index in [1.165, 1.54) is 6.92 Å². The molecule has 0 aromatic carbocycles. The standard InChI is InChI=1S/C15H22N6O2/c1-9-12-13(20-14(17-9)18-10(2)22)21(15(23)19-12)8-5-11-3-6-16-7-4-11/h11,16H,3-8H2,1-2H3,(H,19,23)(H,17,18,20,22). The van der Waals surface area contributed by atoms with Crippen molar-refractivity contribution >= 4 is 23.0 Å². The molecular weight excluding hydrogens is 296 g/mol. The second kappa shape index (κ2) is 6.49. The number of aromatic nitrogens is 4. The monoisotopic (exact) mass is 318 g/mol. The van der Waals surface area contributed by atoms with Crippen LogP contribution < -0.4 is 16.3 Å². The van der Waals surface area contributed by atoms with Crippen molar-refractivity contribution in [2.45, 2.75) is 39.7 Å². The molecule has 2 aromatic rings. The Labute approximate surface area is 133 Å². The summed E-state index contributed by atoms with van der Waals surface area (Å²) in [5.74, 6) is 0.630. The highest BCUT2D eigenvalue weighted by Gasteiger charge is 2.17. The third-order valence-electron chi connectivity index (χ3n) is 4.31. The van der Waals surface area contributed by atoms with Gasteiger partial charge in [-0.1, -0.05) is 0 Å². The number of hydrogen-bond donors (Lipinski definition) is 3. The van der Waals surface area contributed by atoms with Crippen LogP contribution in [-0.4, -0.2) is 38.5 Å². The number of carbonyl (C=O) groups excluding carboxylic acids is 1. The Kier molecular flexibility index (Phi) is 4.42. The lowest BCUT2D eigenvalue weighted by atomic mass is 9.95. The van der Waals surface area contributed by atoms with Crippen molar-refractivity contribution in [2.75, 3.05) is 18.4 Å². The predicted octanol–water partition coefficient (Wildman–Crippen LogP) is 0.776. The summed E-state index contributed by atoms with van der Waals surface area (Å²) >= 11 is 0. The number of aromatic amines is 1. The second-order valence-electron chi connectivity index (χ2n) is 6.08. The van der Waals surface area contributed by atoms with Gasteiger partial charge in [0.2, 0.25) is 11.9 Å². The lowest BCUT2D eigenvalue weighted by Gasteiger charge is -2.22. The number of aryl methyl sites for hydroxylation is 2. The second-order valence-corrected chi connectivity index (χ2v) is 6.08. The largest absolute Gasteiger partial charge is 0.327 e. The summed E-state index contributed by atoms with van der Waals surface area (Å²) in [5.41, 5.74) is 1.66. The summed E-state index contributed by atoms with van der Waals surface area (Å²) in [5, 5.41) is 5.93. The SMILES string of the molecule is CC(=O)Nc1nc(C)c2[nH]c(=O)n(CCC3CCNCC3)c2n1. The Morgan fingerprint density at radius 2 is 2.09 bits per heavy atom. The summed E-state index contributed by atoms with van der Waals surface area (Å²) in [6, 6.07) is 0. The van der Waals surface area contributed by atoms with Gasteiger partial charge in [0.05, 0.1) is 5.69 Å². The van der Waals surface area contributed by atoms with Gasteiger partial charge in [0.25, 0.3) is 0 Å². The smallest absolute Gasteiger partial charge is 0.317 e. The highest BCUT2D eigenvalue weighted by atomic mass is 16.2. The fourth-order valence-corrected chi connectivity index (χ4v) is 3.07. The summed E-state index contributed by atoms with van der Waals surface area (Å²) < 4.78 is 1.65. The predicted molar refractivity (Wildman–Crippen MR) is 87.4 cm³/mol. The molecule has 3 heterocycles. The van der Waals surface area contributed by atoms with Crippen LogP contribution in [0.2, 0.25) is 0 Å². The van der Waals surface area contributed by atoms with Crippen molar-refractivity contribution in [1.29, 1.82) is 0 Å². The van der Waals surface area contributed by atoms with Gasteiger partial charge < -0.3 is 10.3 Å². The van der Waals surface area contributed by atoms with Crippen LogP contribution >= 0.6 is 0 Å². The first kappa shape index (κ1) is 15.7. The minimum Gasteiger partial charge on any atom is -0.317 e. The quantitative estimate of drug-likeness (QED) is 0.772. The molecule has 1 aliphatic rings. The molecule has 0 bridgehead atoms. The van der Waals surface area contributed by atoms with Crippen molar-refractivity contribution < 1.29 is 4.79 Å². The van der Waals surface area contributed by atoms with Crippen molar-refractivity contribution in [3.05, 3.63) is 16.2 Å². The Morgan fingerprint density at radius 1 is 1.35 bits per heavy atom. The zero-order valence-corrected chi connectivity index (χ0v) is 13.5. The van der Waals surface area contributed by atoms with E-state index in [2.05, 4.69) is 25.6 Å². The maximum Gasteiger partial charge on any atom is 0.327 e. The number of H-pyrrole nitrogens is 1. The molecular formula is C15H22N6O2. The molecule has 0 aliphatic carbocycles. The van der Waals surface area contributed by atoms with Gasteiger partial charge in [-0.15, -0.1) is 0 Å². The molecule has 124 valence electrons. The fourth-order valence-electron chi connectivity index (χ4n) is 3.07. The fraction of sp³-hybridized carbons (Fsp3) is 0.600. The molecule has 0 atom stereocenters. The highest BCUT2D eigenvalue weighted by molar-refractivity contribution is 5.87. The van der Waals surface area contributed by atoms with Crippen molar-refractivity contribution in [1.82, 2.24) is 24.8 Å². The molecule has 3 N–H and O–H groups in total. The minimum absolute atomic E-state index is 0.175. The van der Waals surface area contributed by atoms with Gasteiger partial charge in [-0.2, -0.15) is 4.98 Å². The van der Waals surface area contributed by atoms with Gasteiger partial charge in [-0.05, 0) is 45.2 Å². The van der Waals surface area contributed by atoms with Crippen LogP contribution in [0.15, 0.2) is 4.79 Å². The third-order valence-corrected chi connectivity index (χ3v) is 4.31. The van der Waals surface area contributed by atoms with E-state index in [-0.39, 0.29) is 17.5 Å². The molecule has 23 heavy (non-hydrogen) atoms. The first-order chi connectivity index (χ1) is 11.0. The molecule has 0 radical (unpaired) electrons. The van der Waals surface area contributed by atoms with Gasteiger partial charge in [0, 0.05) is 13.5 Å². The Bertz CT molecular complexity index is 772. The maximum atomic E-state index is 12.2. The van der Waals surface area contributed by atoms with Gasteiger partial charge >= 0.3 is 5.69 Å². The average Bonchev–Trinajstić information content (AvgIpc) is 2.82. The summed E-state index contributed by atoms with van der Waals surface area (Å²) in [6.07, 6.45) is 3.23. The van der Waals surface area contributed by atoms with Crippen molar-refractivity contribution in [3.8, 4) is 0 Å². The molecule has 1 amide bonds. The molecule has 0 unspecified atom stereocenters. The number of nitrogens with zero attached hydrogens (tertiary/aromatic N) is 3. The number of anilines is 1. The summed E-state index contributed by atoms with van der Waals surface area (Å²) in [7, 11) is 0. The molecule has 8 heteroatoms.